The molecule has 21 heavy (non-hydrogen) atoms. The van der Waals surface area contributed by atoms with Gasteiger partial charge in [0.2, 0.25) is 0 Å². The van der Waals surface area contributed by atoms with Crippen molar-refractivity contribution < 1.29 is 4.39 Å². The average molecular weight is 307 g/mol. The van der Waals surface area contributed by atoms with Crippen LogP contribution in [0.2, 0.25) is 5.02 Å². The smallest absolute Gasteiger partial charge is 0.129 e. The van der Waals surface area contributed by atoms with Crippen molar-refractivity contribution in [3.63, 3.8) is 0 Å². The SMILES string of the molecule is CCCN(Cc1ccccc1N)Cc1c(F)cccc1Cl. The predicted octanol–water partition coefficient (Wildman–Crippen LogP) is 4.47. The molecule has 4 heteroatoms. The molecule has 0 spiro atoms. The van der Waals surface area contributed by atoms with Crippen molar-refractivity contribution in [1.82, 2.24) is 4.90 Å². The normalized spacial score (nSPS) is 11.0. The Balaban J connectivity index is 2.18. The summed E-state index contributed by atoms with van der Waals surface area (Å²) < 4.78 is 13.9. The van der Waals surface area contributed by atoms with E-state index in [2.05, 4.69) is 11.8 Å². The molecule has 2 rings (SSSR count). The van der Waals surface area contributed by atoms with E-state index in [1.807, 2.05) is 24.3 Å². The lowest BCUT2D eigenvalue weighted by Crippen LogP contribution is -2.24. The highest BCUT2D eigenvalue weighted by Gasteiger charge is 2.13. The molecule has 0 heterocycles. The van der Waals surface area contributed by atoms with Crippen molar-refractivity contribution in [1.29, 1.82) is 0 Å². The number of nitrogens with zero attached hydrogens (tertiary/aromatic N) is 1. The van der Waals surface area contributed by atoms with Crippen LogP contribution >= 0.6 is 11.6 Å². The fraction of sp³-hybridized carbons (Fsp3) is 0.294. The summed E-state index contributed by atoms with van der Waals surface area (Å²) in [5, 5.41) is 0.470. The second-order valence-corrected chi connectivity index (χ2v) is 5.52. The Hall–Kier alpha value is -1.58. The van der Waals surface area contributed by atoms with E-state index < -0.39 is 0 Å². The third kappa shape index (κ3) is 4.19. The molecular weight excluding hydrogens is 287 g/mol. The molecule has 0 atom stereocenters. The number of anilines is 1. The molecule has 0 saturated carbocycles. The van der Waals surface area contributed by atoms with Crippen LogP contribution in [0.15, 0.2) is 42.5 Å². The number of rotatable bonds is 6. The number of benzene rings is 2. The van der Waals surface area contributed by atoms with Crippen molar-refractivity contribution in [3.8, 4) is 0 Å². The minimum atomic E-state index is -0.260. The molecular formula is C17H20ClFN2. The fourth-order valence-corrected chi connectivity index (χ4v) is 2.58. The van der Waals surface area contributed by atoms with E-state index >= 15 is 0 Å². The quantitative estimate of drug-likeness (QED) is 0.798. The maximum absolute atomic E-state index is 13.9. The van der Waals surface area contributed by atoms with Crippen molar-refractivity contribution >= 4 is 17.3 Å². The van der Waals surface area contributed by atoms with Crippen LogP contribution in [0.3, 0.4) is 0 Å². The first-order valence-corrected chi connectivity index (χ1v) is 7.48. The Kier molecular flexibility index (Phi) is 5.59. The number of nitrogens with two attached hydrogens (primary N) is 1. The minimum absolute atomic E-state index is 0.260. The lowest BCUT2D eigenvalue weighted by Gasteiger charge is -2.23. The molecule has 0 aliphatic heterocycles. The van der Waals surface area contributed by atoms with Crippen LogP contribution < -0.4 is 5.73 Å². The van der Waals surface area contributed by atoms with Crippen molar-refractivity contribution in [3.05, 3.63) is 64.4 Å². The molecule has 2 nitrogen and oxygen atoms in total. The third-order valence-electron chi connectivity index (χ3n) is 3.43. The first kappa shape index (κ1) is 15.8. The summed E-state index contributed by atoms with van der Waals surface area (Å²) in [6, 6.07) is 12.6. The first-order chi connectivity index (χ1) is 10.1. The summed E-state index contributed by atoms with van der Waals surface area (Å²) in [4.78, 5) is 2.16. The first-order valence-electron chi connectivity index (χ1n) is 7.10. The molecule has 2 aromatic rings. The molecule has 0 fully saturated rings. The number of halogens is 2. The topological polar surface area (TPSA) is 29.3 Å². The van der Waals surface area contributed by atoms with Gasteiger partial charge in [-0.05, 0) is 36.7 Å². The van der Waals surface area contributed by atoms with Crippen molar-refractivity contribution in [2.24, 2.45) is 0 Å². The van der Waals surface area contributed by atoms with Gasteiger partial charge in [0.1, 0.15) is 5.82 Å². The van der Waals surface area contributed by atoms with Gasteiger partial charge in [0.25, 0.3) is 0 Å². The van der Waals surface area contributed by atoms with Crippen LogP contribution in [0, 0.1) is 5.82 Å². The zero-order valence-electron chi connectivity index (χ0n) is 12.2. The van der Waals surface area contributed by atoms with Gasteiger partial charge in [-0.2, -0.15) is 0 Å². The largest absolute Gasteiger partial charge is 0.398 e. The average Bonchev–Trinajstić information content (AvgIpc) is 2.45. The standard InChI is InChI=1S/C17H20ClFN2/c1-2-10-21(11-13-6-3-4-9-17(13)20)12-14-15(18)7-5-8-16(14)19/h3-9H,2,10-12,20H2,1H3. The predicted molar refractivity (Wildman–Crippen MR) is 86.7 cm³/mol. The molecule has 0 aromatic heterocycles. The highest BCUT2D eigenvalue weighted by Crippen LogP contribution is 2.22. The zero-order valence-corrected chi connectivity index (χ0v) is 12.9. The lowest BCUT2D eigenvalue weighted by molar-refractivity contribution is 0.254. The maximum atomic E-state index is 13.9. The maximum Gasteiger partial charge on any atom is 0.129 e. The summed E-state index contributed by atoms with van der Waals surface area (Å²) in [6.07, 6.45) is 0.985. The van der Waals surface area contributed by atoms with Gasteiger partial charge in [-0.25, -0.2) is 4.39 Å². The molecule has 0 unspecified atom stereocenters. The molecule has 0 aliphatic carbocycles. The number of hydrogen-bond acceptors (Lipinski definition) is 2. The van der Waals surface area contributed by atoms with E-state index in [1.165, 1.54) is 6.07 Å². The van der Waals surface area contributed by atoms with Crippen molar-refractivity contribution in [2.45, 2.75) is 26.4 Å². The molecule has 0 saturated heterocycles. The van der Waals surface area contributed by atoms with Gasteiger partial charge in [0.05, 0.1) is 0 Å². The molecule has 2 N–H and O–H groups in total. The second-order valence-electron chi connectivity index (χ2n) is 5.11. The Morgan fingerprint density at radius 3 is 2.52 bits per heavy atom. The Morgan fingerprint density at radius 2 is 1.86 bits per heavy atom. The summed E-state index contributed by atoms with van der Waals surface area (Å²) in [6.45, 7) is 4.13. The summed E-state index contributed by atoms with van der Waals surface area (Å²) >= 11 is 6.12. The molecule has 0 radical (unpaired) electrons. The Labute approximate surface area is 130 Å². The minimum Gasteiger partial charge on any atom is -0.398 e. The van der Waals surface area contributed by atoms with E-state index in [0.29, 0.717) is 23.7 Å². The number of hydrogen-bond donors (Lipinski definition) is 1. The fourth-order valence-electron chi connectivity index (χ4n) is 2.36. The van der Waals surface area contributed by atoms with E-state index in [9.17, 15) is 4.39 Å². The van der Waals surface area contributed by atoms with Gasteiger partial charge in [-0.3, -0.25) is 4.90 Å². The summed E-state index contributed by atoms with van der Waals surface area (Å²) in [5.41, 5.74) is 8.35. The van der Waals surface area contributed by atoms with Crippen LogP contribution in [-0.2, 0) is 13.1 Å². The van der Waals surface area contributed by atoms with Gasteiger partial charge >= 0.3 is 0 Å². The van der Waals surface area contributed by atoms with Gasteiger partial charge < -0.3 is 5.73 Å². The Bertz CT molecular complexity index is 581. The van der Waals surface area contributed by atoms with Crippen LogP contribution in [0.5, 0.6) is 0 Å². The van der Waals surface area contributed by atoms with E-state index in [1.54, 1.807) is 12.1 Å². The van der Waals surface area contributed by atoms with Crippen LogP contribution in [-0.4, -0.2) is 11.4 Å². The molecule has 0 amide bonds. The van der Waals surface area contributed by atoms with Crippen LogP contribution in [0.1, 0.15) is 24.5 Å². The van der Waals surface area contributed by atoms with E-state index in [0.717, 1.165) is 24.2 Å². The summed E-state index contributed by atoms with van der Waals surface area (Å²) in [7, 11) is 0. The Morgan fingerprint density at radius 1 is 1.10 bits per heavy atom. The highest BCUT2D eigenvalue weighted by atomic mass is 35.5. The molecule has 0 bridgehead atoms. The van der Waals surface area contributed by atoms with Gasteiger partial charge in [-0.1, -0.05) is 42.8 Å². The monoisotopic (exact) mass is 306 g/mol. The van der Waals surface area contributed by atoms with Crippen LogP contribution in [0.4, 0.5) is 10.1 Å². The molecule has 112 valence electrons. The van der Waals surface area contributed by atoms with Crippen molar-refractivity contribution in [2.75, 3.05) is 12.3 Å². The van der Waals surface area contributed by atoms with Gasteiger partial charge in [-0.15, -0.1) is 0 Å². The van der Waals surface area contributed by atoms with E-state index in [-0.39, 0.29) is 5.82 Å². The van der Waals surface area contributed by atoms with E-state index in [4.69, 9.17) is 17.3 Å². The van der Waals surface area contributed by atoms with Crippen LogP contribution in [0.25, 0.3) is 0 Å². The van der Waals surface area contributed by atoms with Gasteiger partial charge in [0, 0.05) is 29.4 Å². The lowest BCUT2D eigenvalue weighted by atomic mass is 10.1. The highest BCUT2D eigenvalue weighted by molar-refractivity contribution is 6.31. The number of nitrogen functional groups attached to an aromatic ring is 1. The van der Waals surface area contributed by atoms with Gasteiger partial charge in [0.15, 0.2) is 0 Å². The zero-order chi connectivity index (χ0) is 15.2. The molecule has 2 aromatic carbocycles. The molecule has 0 aliphatic rings. The second kappa shape index (κ2) is 7.43. The third-order valence-corrected chi connectivity index (χ3v) is 3.79. The summed E-state index contributed by atoms with van der Waals surface area (Å²) in [5.74, 6) is -0.260. The number of para-hydroxylation sites is 1.